The number of carbonyl (C=O) groups excluding carboxylic acids is 3. The summed E-state index contributed by atoms with van der Waals surface area (Å²) < 4.78 is 17.9. The lowest BCUT2D eigenvalue weighted by molar-refractivity contribution is -0.157. The van der Waals surface area contributed by atoms with Crippen LogP contribution in [0.2, 0.25) is 0 Å². The molecule has 1 atom stereocenters. The van der Waals surface area contributed by atoms with Crippen LogP contribution >= 0.6 is 0 Å². The predicted octanol–water partition coefficient (Wildman–Crippen LogP) is 0.430. The second-order valence-electron chi connectivity index (χ2n) is 2.75. The predicted molar refractivity (Wildman–Crippen MR) is 55.1 cm³/mol. The smallest absolute Gasteiger partial charge is 0.459 e. The topological polar surface area (TPSA) is 88.1 Å². The van der Waals surface area contributed by atoms with Crippen LogP contribution < -0.4 is 0 Å². The Kier molecular flexibility index (Phi) is 7.16. The van der Waals surface area contributed by atoms with Crippen molar-refractivity contribution >= 4 is 18.1 Å². The Morgan fingerprint density at radius 3 is 2.35 bits per heavy atom. The zero-order valence-electron chi connectivity index (χ0n) is 9.63. The highest BCUT2D eigenvalue weighted by molar-refractivity contribution is 5.81. The van der Waals surface area contributed by atoms with Crippen molar-refractivity contribution in [3.63, 3.8) is 0 Å². The summed E-state index contributed by atoms with van der Waals surface area (Å²) in [6.07, 6.45) is -1.07. The second-order valence-corrected chi connectivity index (χ2v) is 2.75. The van der Waals surface area contributed by atoms with Crippen LogP contribution in [0.5, 0.6) is 0 Å². The molecule has 0 fully saturated rings. The number of ether oxygens (including phenoxy) is 4. The maximum Gasteiger partial charge on any atom is 0.508 e. The number of carbonyl (C=O) groups is 3. The summed E-state index contributed by atoms with van der Waals surface area (Å²) in [5.41, 5.74) is 0. The summed E-state index contributed by atoms with van der Waals surface area (Å²) in [5.74, 6) is -1.37. The van der Waals surface area contributed by atoms with Crippen LogP contribution in [0.4, 0.5) is 4.79 Å². The molecule has 0 N–H and O–H groups in total. The fourth-order valence-corrected chi connectivity index (χ4v) is 0.701. The minimum Gasteiger partial charge on any atom is -0.459 e. The highest BCUT2D eigenvalue weighted by Gasteiger charge is 2.19. The number of rotatable bonds is 6. The molecule has 96 valence electrons. The van der Waals surface area contributed by atoms with E-state index in [1.54, 1.807) is 0 Å². The monoisotopic (exact) mass is 246 g/mol. The van der Waals surface area contributed by atoms with Crippen molar-refractivity contribution in [1.82, 2.24) is 0 Å². The molecule has 0 saturated heterocycles. The Morgan fingerprint density at radius 1 is 1.24 bits per heavy atom. The van der Waals surface area contributed by atoms with Crippen LogP contribution in [0.25, 0.3) is 0 Å². The highest BCUT2D eigenvalue weighted by atomic mass is 16.7. The summed E-state index contributed by atoms with van der Waals surface area (Å²) in [6.45, 7) is 4.29. The molecule has 7 heteroatoms. The summed E-state index contributed by atoms with van der Waals surface area (Å²) in [5, 5.41) is 0. The molecule has 7 nitrogen and oxygen atoms in total. The molecule has 0 aliphatic carbocycles. The van der Waals surface area contributed by atoms with Crippen molar-refractivity contribution in [2.75, 3.05) is 20.3 Å². The minimum atomic E-state index is -1.09. The van der Waals surface area contributed by atoms with Crippen LogP contribution in [0.15, 0.2) is 12.7 Å². The van der Waals surface area contributed by atoms with Crippen molar-refractivity contribution in [3.8, 4) is 0 Å². The Bertz CT molecular complexity index is 297. The third kappa shape index (κ3) is 6.93. The van der Waals surface area contributed by atoms with Crippen molar-refractivity contribution in [2.24, 2.45) is 0 Å². The third-order valence-electron chi connectivity index (χ3n) is 1.51. The first-order valence-corrected chi connectivity index (χ1v) is 4.71. The van der Waals surface area contributed by atoms with E-state index in [0.717, 1.165) is 13.2 Å². The SMILES string of the molecule is C=CC(=O)OCCOC(=O)C(C)OC(=O)OC. The number of esters is 2. The van der Waals surface area contributed by atoms with E-state index in [9.17, 15) is 14.4 Å². The fraction of sp³-hybridized carbons (Fsp3) is 0.500. The molecule has 0 saturated carbocycles. The maximum atomic E-state index is 11.2. The van der Waals surface area contributed by atoms with Gasteiger partial charge in [0.25, 0.3) is 0 Å². The average Bonchev–Trinajstić information content (AvgIpc) is 2.33. The van der Waals surface area contributed by atoms with Crippen LogP contribution in [0.3, 0.4) is 0 Å². The normalized spacial score (nSPS) is 10.9. The van der Waals surface area contributed by atoms with E-state index in [4.69, 9.17) is 0 Å². The Balaban J connectivity index is 3.74. The molecule has 0 aromatic carbocycles. The lowest BCUT2D eigenvalue weighted by Crippen LogP contribution is -2.27. The molecule has 0 rings (SSSR count). The molecule has 0 aromatic heterocycles. The van der Waals surface area contributed by atoms with Gasteiger partial charge in [-0.2, -0.15) is 0 Å². The van der Waals surface area contributed by atoms with Crippen LogP contribution in [0.1, 0.15) is 6.92 Å². The zero-order chi connectivity index (χ0) is 13.3. The summed E-state index contributed by atoms with van der Waals surface area (Å²) in [7, 11) is 1.12. The van der Waals surface area contributed by atoms with E-state index >= 15 is 0 Å². The lowest BCUT2D eigenvalue weighted by atomic mass is 10.4. The van der Waals surface area contributed by atoms with Gasteiger partial charge in [-0.25, -0.2) is 14.4 Å². The van der Waals surface area contributed by atoms with Gasteiger partial charge in [0.2, 0.25) is 0 Å². The molecule has 17 heavy (non-hydrogen) atoms. The lowest BCUT2D eigenvalue weighted by Gasteiger charge is -2.11. The van der Waals surface area contributed by atoms with E-state index < -0.39 is 24.2 Å². The van der Waals surface area contributed by atoms with E-state index in [1.165, 1.54) is 6.92 Å². The van der Waals surface area contributed by atoms with Crippen LogP contribution in [-0.2, 0) is 28.5 Å². The van der Waals surface area contributed by atoms with Crippen molar-refractivity contribution < 1.29 is 33.3 Å². The van der Waals surface area contributed by atoms with Crippen molar-refractivity contribution in [2.45, 2.75) is 13.0 Å². The molecule has 0 heterocycles. The van der Waals surface area contributed by atoms with Gasteiger partial charge in [-0.3, -0.25) is 0 Å². The fourth-order valence-electron chi connectivity index (χ4n) is 0.701. The number of hydrogen-bond donors (Lipinski definition) is 0. The third-order valence-corrected chi connectivity index (χ3v) is 1.51. The van der Waals surface area contributed by atoms with E-state index in [1.807, 2.05) is 0 Å². The summed E-state index contributed by atoms with van der Waals surface area (Å²) in [6, 6.07) is 0. The van der Waals surface area contributed by atoms with Gasteiger partial charge in [-0.1, -0.05) is 6.58 Å². The molecule has 0 spiro atoms. The van der Waals surface area contributed by atoms with Gasteiger partial charge in [0, 0.05) is 6.08 Å². The maximum absolute atomic E-state index is 11.2. The molecular formula is C10H14O7. The van der Waals surface area contributed by atoms with Gasteiger partial charge in [-0.05, 0) is 6.92 Å². The van der Waals surface area contributed by atoms with Crippen LogP contribution in [0, 0.1) is 0 Å². The van der Waals surface area contributed by atoms with E-state index in [-0.39, 0.29) is 13.2 Å². The largest absolute Gasteiger partial charge is 0.508 e. The molecular weight excluding hydrogens is 232 g/mol. The van der Waals surface area contributed by atoms with Gasteiger partial charge in [-0.15, -0.1) is 0 Å². The summed E-state index contributed by atoms with van der Waals surface area (Å²) >= 11 is 0. The number of methoxy groups -OCH3 is 1. The van der Waals surface area contributed by atoms with Crippen molar-refractivity contribution in [3.05, 3.63) is 12.7 Å². The van der Waals surface area contributed by atoms with Gasteiger partial charge < -0.3 is 18.9 Å². The highest BCUT2D eigenvalue weighted by Crippen LogP contribution is 1.97. The van der Waals surface area contributed by atoms with E-state index in [0.29, 0.717) is 0 Å². The summed E-state index contributed by atoms with van der Waals surface area (Å²) in [4.78, 5) is 32.5. The molecule has 0 aromatic rings. The minimum absolute atomic E-state index is 0.0957. The molecule has 1 unspecified atom stereocenters. The molecule has 0 aliphatic rings. The average molecular weight is 246 g/mol. The quantitative estimate of drug-likeness (QED) is 0.290. The molecule has 0 amide bonds. The molecule has 0 radical (unpaired) electrons. The van der Waals surface area contributed by atoms with Gasteiger partial charge in [0.05, 0.1) is 7.11 Å². The second kappa shape index (κ2) is 8.14. The van der Waals surface area contributed by atoms with Crippen LogP contribution in [-0.4, -0.2) is 44.5 Å². The Hall–Kier alpha value is -2.05. The van der Waals surface area contributed by atoms with Gasteiger partial charge in [0.15, 0.2) is 6.10 Å². The first-order valence-electron chi connectivity index (χ1n) is 4.71. The zero-order valence-corrected chi connectivity index (χ0v) is 9.63. The van der Waals surface area contributed by atoms with E-state index in [2.05, 4.69) is 25.5 Å². The standard InChI is InChI=1S/C10H14O7/c1-4-8(11)15-5-6-16-9(12)7(2)17-10(13)14-3/h4,7H,1,5-6H2,2-3H3. The number of hydrogen-bond acceptors (Lipinski definition) is 7. The Labute approximate surface area is 98.3 Å². The Morgan fingerprint density at radius 2 is 1.82 bits per heavy atom. The van der Waals surface area contributed by atoms with Gasteiger partial charge >= 0.3 is 18.1 Å². The van der Waals surface area contributed by atoms with Gasteiger partial charge in [0.1, 0.15) is 13.2 Å². The first-order chi connectivity index (χ1) is 8.01. The molecule has 0 aliphatic heterocycles. The van der Waals surface area contributed by atoms with Crippen molar-refractivity contribution in [1.29, 1.82) is 0 Å². The first kappa shape index (κ1) is 14.9. The molecule has 0 bridgehead atoms.